The van der Waals surface area contributed by atoms with Crippen molar-refractivity contribution in [3.8, 4) is 11.4 Å². The molecule has 0 radical (unpaired) electrons. The summed E-state index contributed by atoms with van der Waals surface area (Å²) in [5.41, 5.74) is 2.09. The van der Waals surface area contributed by atoms with Gasteiger partial charge in [0.05, 0.1) is 13.0 Å². The fourth-order valence-corrected chi connectivity index (χ4v) is 4.24. The largest absolute Gasteiger partial charge is 0.469 e. The van der Waals surface area contributed by atoms with Crippen LogP contribution < -0.4 is 0 Å². The topological polar surface area (TPSA) is 85.5 Å². The van der Waals surface area contributed by atoms with E-state index in [-0.39, 0.29) is 23.2 Å². The molecule has 2 heterocycles. The first-order valence-electron chi connectivity index (χ1n) is 9.76. The number of likely N-dealkylation sites (tertiary alicyclic amines) is 1. The summed E-state index contributed by atoms with van der Waals surface area (Å²) < 4.78 is 10.2. The van der Waals surface area contributed by atoms with Crippen molar-refractivity contribution in [2.24, 2.45) is 11.3 Å². The molecular weight excluding hydrogens is 358 g/mol. The quantitative estimate of drug-likeness (QED) is 0.738. The number of nitrogens with zero attached hydrogens (tertiary/aromatic N) is 3. The molecule has 1 saturated carbocycles. The van der Waals surface area contributed by atoms with E-state index >= 15 is 0 Å². The summed E-state index contributed by atoms with van der Waals surface area (Å²) in [7, 11) is 1.44. The Morgan fingerprint density at radius 2 is 2.04 bits per heavy atom. The lowest BCUT2D eigenvalue weighted by Crippen LogP contribution is -2.40. The number of hydrogen-bond donors (Lipinski definition) is 0. The second-order valence-electron chi connectivity index (χ2n) is 7.85. The SMILES string of the molecule is COC(=O)C1CC12CCN(C(=O)CCc1nc(-c3ccccc3C)no1)CC2. The number of hydrogen-bond acceptors (Lipinski definition) is 6. The number of amides is 1. The molecule has 1 saturated heterocycles. The lowest BCUT2D eigenvalue weighted by molar-refractivity contribution is -0.143. The molecule has 28 heavy (non-hydrogen) atoms. The number of methoxy groups -OCH3 is 1. The van der Waals surface area contributed by atoms with E-state index in [0.717, 1.165) is 30.4 Å². The predicted molar refractivity (Wildman–Crippen MR) is 101 cm³/mol. The standard InChI is InChI=1S/C21H25N3O4/c1-14-5-3-4-6-15(14)19-22-17(28-23-19)7-8-18(25)24-11-9-21(10-12-24)13-16(21)20(26)27-2/h3-6,16H,7-13H2,1-2H3. The molecule has 2 fully saturated rings. The van der Waals surface area contributed by atoms with Crippen LogP contribution in [0, 0.1) is 18.3 Å². The number of carbonyl (C=O) groups excluding carboxylic acids is 2. The van der Waals surface area contributed by atoms with Crippen molar-refractivity contribution in [1.29, 1.82) is 0 Å². The van der Waals surface area contributed by atoms with Crippen LogP contribution in [-0.4, -0.2) is 47.1 Å². The highest BCUT2D eigenvalue weighted by Gasteiger charge is 2.59. The third kappa shape index (κ3) is 3.53. The molecule has 7 heteroatoms. The molecule has 2 aliphatic rings. The maximum atomic E-state index is 12.5. The monoisotopic (exact) mass is 383 g/mol. The Morgan fingerprint density at radius 1 is 1.29 bits per heavy atom. The number of esters is 1. The van der Waals surface area contributed by atoms with Crippen LogP contribution in [-0.2, 0) is 20.7 Å². The third-order valence-electron chi connectivity index (χ3n) is 6.19. The zero-order valence-electron chi connectivity index (χ0n) is 16.3. The van der Waals surface area contributed by atoms with Gasteiger partial charge in [-0.15, -0.1) is 0 Å². The van der Waals surface area contributed by atoms with Crippen LogP contribution in [0.15, 0.2) is 28.8 Å². The van der Waals surface area contributed by atoms with Gasteiger partial charge in [0.2, 0.25) is 17.6 Å². The fraction of sp³-hybridized carbons (Fsp3) is 0.524. The van der Waals surface area contributed by atoms with Crippen LogP contribution in [0.5, 0.6) is 0 Å². The van der Waals surface area contributed by atoms with Gasteiger partial charge in [0.15, 0.2) is 0 Å². The first-order valence-corrected chi connectivity index (χ1v) is 9.76. The first-order chi connectivity index (χ1) is 13.5. The van der Waals surface area contributed by atoms with Crippen molar-refractivity contribution in [2.75, 3.05) is 20.2 Å². The number of carbonyl (C=O) groups is 2. The van der Waals surface area contributed by atoms with Crippen molar-refractivity contribution < 1.29 is 18.8 Å². The Morgan fingerprint density at radius 3 is 2.75 bits per heavy atom. The summed E-state index contributed by atoms with van der Waals surface area (Å²) in [5, 5.41) is 4.04. The highest BCUT2D eigenvalue weighted by Crippen LogP contribution is 2.59. The average molecular weight is 383 g/mol. The Balaban J connectivity index is 1.28. The molecular formula is C21H25N3O4. The van der Waals surface area contributed by atoms with Gasteiger partial charge in [-0.2, -0.15) is 4.98 Å². The molecule has 1 spiro atoms. The van der Waals surface area contributed by atoms with Gasteiger partial charge in [-0.3, -0.25) is 9.59 Å². The summed E-state index contributed by atoms with van der Waals surface area (Å²) >= 11 is 0. The maximum absolute atomic E-state index is 12.5. The molecule has 1 unspecified atom stereocenters. The summed E-state index contributed by atoms with van der Waals surface area (Å²) in [6.07, 6.45) is 3.42. The van der Waals surface area contributed by atoms with Crippen LogP contribution in [0.3, 0.4) is 0 Å². The predicted octanol–water partition coefficient (Wildman–Crippen LogP) is 2.78. The molecule has 148 valence electrons. The van der Waals surface area contributed by atoms with Gasteiger partial charge in [-0.25, -0.2) is 0 Å². The van der Waals surface area contributed by atoms with Crippen LogP contribution in [0.25, 0.3) is 11.4 Å². The van der Waals surface area contributed by atoms with E-state index in [1.54, 1.807) is 0 Å². The van der Waals surface area contributed by atoms with Crippen LogP contribution in [0.2, 0.25) is 0 Å². The molecule has 4 rings (SSSR count). The number of benzene rings is 1. The van der Waals surface area contributed by atoms with Crippen molar-refractivity contribution in [1.82, 2.24) is 15.0 Å². The molecule has 7 nitrogen and oxygen atoms in total. The van der Waals surface area contributed by atoms with E-state index in [1.807, 2.05) is 36.1 Å². The second-order valence-corrected chi connectivity index (χ2v) is 7.85. The molecule has 2 aromatic rings. The van der Waals surface area contributed by atoms with Crippen molar-refractivity contribution in [3.63, 3.8) is 0 Å². The smallest absolute Gasteiger partial charge is 0.309 e. The Hall–Kier alpha value is -2.70. The lowest BCUT2D eigenvalue weighted by Gasteiger charge is -2.32. The van der Waals surface area contributed by atoms with Crippen molar-refractivity contribution >= 4 is 11.9 Å². The van der Waals surface area contributed by atoms with Gasteiger partial charge in [0, 0.05) is 31.5 Å². The molecule has 0 N–H and O–H groups in total. The molecule has 1 aromatic heterocycles. The fourth-order valence-electron chi connectivity index (χ4n) is 4.24. The van der Waals surface area contributed by atoms with E-state index < -0.39 is 0 Å². The molecule has 0 bridgehead atoms. The van der Waals surface area contributed by atoms with Crippen molar-refractivity contribution in [2.45, 2.75) is 39.0 Å². The number of piperidine rings is 1. The molecule has 1 atom stereocenters. The van der Waals surface area contributed by atoms with Gasteiger partial charge in [0.1, 0.15) is 0 Å². The second kappa shape index (κ2) is 7.37. The van der Waals surface area contributed by atoms with Crippen LogP contribution >= 0.6 is 0 Å². The number of aromatic nitrogens is 2. The summed E-state index contributed by atoms with van der Waals surface area (Å²) in [4.78, 5) is 30.6. The minimum atomic E-state index is -0.111. The van der Waals surface area contributed by atoms with Gasteiger partial charge < -0.3 is 14.2 Å². The minimum absolute atomic E-state index is 0.0213. The first kappa shape index (κ1) is 18.7. The summed E-state index contributed by atoms with van der Waals surface area (Å²) in [5.74, 6) is 1.05. The van der Waals surface area contributed by atoms with E-state index in [0.29, 0.717) is 37.6 Å². The van der Waals surface area contributed by atoms with E-state index in [4.69, 9.17) is 9.26 Å². The molecule has 1 aliphatic carbocycles. The van der Waals surface area contributed by atoms with E-state index in [2.05, 4.69) is 10.1 Å². The normalized spacial score (nSPS) is 20.2. The van der Waals surface area contributed by atoms with Crippen molar-refractivity contribution in [3.05, 3.63) is 35.7 Å². The van der Waals surface area contributed by atoms with E-state index in [1.165, 1.54) is 7.11 Å². The Bertz CT molecular complexity index is 883. The van der Waals surface area contributed by atoms with Crippen LogP contribution in [0.1, 0.15) is 37.1 Å². The van der Waals surface area contributed by atoms with Gasteiger partial charge in [-0.1, -0.05) is 29.4 Å². The number of ether oxygens (including phenoxy) is 1. The zero-order valence-corrected chi connectivity index (χ0v) is 16.3. The Kier molecular flexibility index (Phi) is 4.91. The summed E-state index contributed by atoms with van der Waals surface area (Å²) in [6, 6.07) is 7.87. The maximum Gasteiger partial charge on any atom is 0.309 e. The van der Waals surface area contributed by atoms with Crippen LogP contribution in [0.4, 0.5) is 0 Å². The number of aryl methyl sites for hydroxylation is 2. The minimum Gasteiger partial charge on any atom is -0.469 e. The average Bonchev–Trinajstić information content (AvgIpc) is 3.20. The lowest BCUT2D eigenvalue weighted by atomic mass is 9.90. The molecule has 1 aromatic carbocycles. The number of rotatable bonds is 5. The molecule has 1 amide bonds. The highest BCUT2D eigenvalue weighted by atomic mass is 16.5. The molecule has 1 aliphatic heterocycles. The van der Waals surface area contributed by atoms with Gasteiger partial charge in [0.25, 0.3) is 0 Å². The zero-order chi connectivity index (χ0) is 19.7. The van der Waals surface area contributed by atoms with E-state index in [9.17, 15) is 9.59 Å². The van der Waals surface area contributed by atoms with Gasteiger partial charge in [-0.05, 0) is 37.2 Å². The third-order valence-corrected chi connectivity index (χ3v) is 6.19. The Labute approximate surface area is 164 Å². The summed E-state index contributed by atoms with van der Waals surface area (Å²) in [6.45, 7) is 3.40. The van der Waals surface area contributed by atoms with Gasteiger partial charge >= 0.3 is 5.97 Å². The highest BCUT2D eigenvalue weighted by molar-refractivity contribution is 5.78.